The molecule has 3 rings (SSSR count). The topological polar surface area (TPSA) is 42.2 Å². The maximum atomic E-state index is 9.74. The second-order valence-corrected chi connectivity index (χ2v) is 7.84. The average molecular weight is 464 g/mol. The first kappa shape index (κ1) is 23.5. The lowest BCUT2D eigenvalue weighted by Gasteiger charge is -2.17. The molecule has 0 bridgehead atoms. The summed E-state index contributed by atoms with van der Waals surface area (Å²) in [5, 5.41) is 10.9. The van der Waals surface area contributed by atoms with Gasteiger partial charge in [0.1, 0.15) is 6.61 Å². The molecule has 0 radical (unpaired) electrons. The first-order valence-corrected chi connectivity index (χ1v) is 11.0. The van der Waals surface area contributed by atoms with Gasteiger partial charge in [-0.1, -0.05) is 59.6 Å². The number of nitrogens with zero attached hydrogens (tertiary/aromatic N) is 1. The molecular weight excluding hydrogens is 441 g/mol. The molecule has 0 aliphatic carbocycles. The van der Waals surface area contributed by atoms with Crippen LogP contribution in [0.2, 0.25) is 10.0 Å². The van der Waals surface area contributed by atoms with Gasteiger partial charge in [-0.05, 0) is 60.9 Å². The van der Waals surface area contributed by atoms with Crippen LogP contribution in [-0.4, -0.2) is 6.61 Å². The molecule has 0 spiro atoms. The molecule has 0 saturated heterocycles. The molecular formula is C27H23Cl2NO2. The van der Waals surface area contributed by atoms with E-state index in [1.54, 1.807) is 12.1 Å². The van der Waals surface area contributed by atoms with E-state index < -0.39 is 0 Å². The molecule has 3 aromatic rings. The lowest BCUT2D eigenvalue weighted by atomic mass is 10.0. The van der Waals surface area contributed by atoms with Gasteiger partial charge in [-0.25, -0.2) is 0 Å². The van der Waals surface area contributed by atoms with Crippen molar-refractivity contribution in [2.24, 2.45) is 0 Å². The molecule has 162 valence electrons. The van der Waals surface area contributed by atoms with E-state index >= 15 is 0 Å². The van der Waals surface area contributed by atoms with E-state index in [0.29, 0.717) is 52.3 Å². The highest BCUT2D eigenvalue weighted by molar-refractivity contribution is 6.32. The van der Waals surface area contributed by atoms with Crippen molar-refractivity contribution in [2.75, 3.05) is 6.61 Å². The fourth-order valence-electron chi connectivity index (χ4n) is 3.25. The standard InChI is InChI=1S/C27H23Cl2NO2/c1-3-7-21-14-20(15-22(17-30)24-8-5-6-9-25(24)29)16-26(31-4-2)27(21)32-18-19-10-12-23(28)13-11-19/h3,5-6,8-16H,1,4,7,18H2,2H3. The van der Waals surface area contributed by atoms with Gasteiger partial charge in [-0.2, -0.15) is 5.26 Å². The predicted molar refractivity (Wildman–Crippen MR) is 132 cm³/mol. The Balaban J connectivity index is 2.01. The molecule has 32 heavy (non-hydrogen) atoms. The third-order valence-electron chi connectivity index (χ3n) is 4.71. The fraction of sp³-hybridized carbons (Fsp3) is 0.148. The molecule has 5 heteroatoms. The lowest BCUT2D eigenvalue weighted by Crippen LogP contribution is -2.03. The molecule has 0 aliphatic rings. The number of hydrogen-bond donors (Lipinski definition) is 0. The number of benzene rings is 3. The van der Waals surface area contributed by atoms with E-state index in [1.807, 2.05) is 67.6 Å². The Hall–Kier alpha value is -3.19. The summed E-state index contributed by atoms with van der Waals surface area (Å²) in [5.41, 5.74) is 3.89. The molecule has 0 heterocycles. The highest BCUT2D eigenvalue weighted by Gasteiger charge is 2.14. The van der Waals surface area contributed by atoms with Gasteiger partial charge in [0.2, 0.25) is 0 Å². The monoisotopic (exact) mass is 463 g/mol. The predicted octanol–water partition coefficient (Wildman–Crippen LogP) is 7.76. The first-order chi connectivity index (χ1) is 15.5. The van der Waals surface area contributed by atoms with Crippen LogP contribution in [0, 0.1) is 11.3 Å². The number of hydrogen-bond acceptors (Lipinski definition) is 3. The molecule has 3 nitrogen and oxygen atoms in total. The van der Waals surface area contributed by atoms with Crippen LogP contribution in [0.25, 0.3) is 11.6 Å². The number of rotatable bonds is 9. The third kappa shape index (κ3) is 5.95. The molecule has 0 atom stereocenters. The maximum Gasteiger partial charge on any atom is 0.165 e. The smallest absolute Gasteiger partial charge is 0.165 e. The summed E-state index contributed by atoms with van der Waals surface area (Å²) in [4.78, 5) is 0. The minimum absolute atomic E-state index is 0.375. The van der Waals surface area contributed by atoms with Crippen LogP contribution in [-0.2, 0) is 13.0 Å². The van der Waals surface area contributed by atoms with Crippen molar-refractivity contribution in [3.8, 4) is 17.6 Å². The van der Waals surface area contributed by atoms with Crippen LogP contribution in [0.1, 0.15) is 29.2 Å². The van der Waals surface area contributed by atoms with Crippen LogP contribution < -0.4 is 9.47 Å². The number of nitriles is 1. The zero-order valence-electron chi connectivity index (χ0n) is 17.8. The quantitative estimate of drug-likeness (QED) is 0.185. The van der Waals surface area contributed by atoms with Crippen molar-refractivity contribution in [1.29, 1.82) is 5.26 Å². The normalized spacial score (nSPS) is 11.0. The molecule has 0 aromatic heterocycles. The summed E-state index contributed by atoms with van der Waals surface area (Å²) in [7, 11) is 0. The van der Waals surface area contributed by atoms with E-state index in [9.17, 15) is 5.26 Å². The Morgan fingerprint density at radius 1 is 1.06 bits per heavy atom. The second-order valence-electron chi connectivity index (χ2n) is 7.00. The Morgan fingerprint density at radius 2 is 1.81 bits per heavy atom. The van der Waals surface area contributed by atoms with Gasteiger partial charge in [0.15, 0.2) is 11.5 Å². The minimum Gasteiger partial charge on any atom is -0.490 e. The Kier molecular flexibility index (Phi) is 8.39. The highest BCUT2D eigenvalue weighted by atomic mass is 35.5. The van der Waals surface area contributed by atoms with Crippen molar-refractivity contribution in [3.05, 3.63) is 106 Å². The van der Waals surface area contributed by atoms with Crippen LogP contribution in [0.4, 0.5) is 0 Å². The van der Waals surface area contributed by atoms with E-state index in [0.717, 1.165) is 16.7 Å². The Labute approximate surface area is 199 Å². The van der Waals surface area contributed by atoms with Gasteiger partial charge in [-0.15, -0.1) is 6.58 Å². The maximum absolute atomic E-state index is 9.74. The zero-order valence-corrected chi connectivity index (χ0v) is 19.3. The van der Waals surface area contributed by atoms with Gasteiger partial charge in [0, 0.05) is 21.2 Å². The molecule has 3 aromatic carbocycles. The Bertz CT molecular complexity index is 1160. The molecule has 0 unspecified atom stereocenters. The molecule has 0 amide bonds. The van der Waals surface area contributed by atoms with Crippen LogP contribution in [0.15, 0.2) is 73.3 Å². The molecule has 0 fully saturated rings. The van der Waals surface area contributed by atoms with Crippen LogP contribution in [0.5, 0.6) is 11.5 Å². The van der Waals surface area contributed by atoms with Crippen LogP contribution >= 0.6 is 23.2 Å². The molecule has 0 N–H and O–H groups in total. The molecule has 0 aliphatic heterocycles. The van der Waals surface area contributed by atoms with E-state index in [4.69, 9.17) is 32.7 Å². The summed E-state index contributed by atoms with van der Waals surface area (Å²) in [5.74, 6) is 1.28. The summed E-state index contributed by atoms with van der Waals surface area (Å²) in [6.45, 7) is 6.64. The van der Waals surface area contributed by atoms with Gasteiger partial charge in [-0.3, -0.25) is 0 Å². The zero-order chi connectivity index (χ0) is 22.9. The van der Waals surface area contributed by atoms with Crippen molar-refractivity contribution in [2.45, 2.75) is 20.0 Å². The van der Waals surface area contributed by atoms with Gasteiger partial charge in [0.25, 0.3) is 0 Å². The highest BCUT2D eigenvalue weighted by Crippen LogP contribution is 2.36. The Morgan fingerprint density at radius 3 is 2.47 bits per heavy atom. The average Bonchev–Trinajstić information content (AvgIpc) is 2.79. The van der Waals surface area contributed by atoms with Gasteiger partial charge < -0.3 is 9.47 Å². The SMILES string of the molecule is C=CCc1cc(C=C(C#N)c2ccccc2Cl)cc(OCC)c1OCc1ccc(Cl)cc1. The third-order valence-corrected chi connectivity index (χ3v) is 5.29. The molecule has 0 saturated carbocycles. The number of ether oxygens (including phenoxy) is 2. The minimum atomic E-state index is 0.375. The summed E-state index contributed by atoms with van der Waals surface area (Å²) in [6.07, 6.45) is 4.21. The van der Waals surface area contributed by atoms with Crippen molar-refractivity contribution >= 4 is 34.9 Å². The fourth-order valence-corrected chi connectivity index (χ4v) is 3.62. The van der Waals surface area contributed by atoms with Crippen molar-refractivity contribution < 1.29 is 9.47 Å². The second kappa shape index (κ2) is 11.4. The summed E-state index contributed by atoms with van der Waals surface area (Å²) < 4.78 is 12.1. The largest absolute Gasteiger partial charge is 0.490 e. The van der Waals surface area contributed by atoms with E-state index in [1.165, 1.54) is 0 Å². The number of allylic oxidation sites excluding steroid dienone is 2. The summed E-state index contributed by atoms with van der Waals surface area (Å²) in [6, 6.07) is 20.9. The van der Waals surface area contributed by atoms with E-state index in [2.05, 4.69) is 12.6 Å². The van der Waals surface area contributed by atoms with E-state index in [-0.39, 0.29) is 0 Å². The van der Waals surface area contributed by atoms with Crippen LogP contribution in [0.3, 0.4) is 0 Å². The number of halogens is 2. The van der Waals surface area contributed by atoms with Gasteiger partial charge in [0.05, 0.1) is 18.2 Å². The first-order valence-electron chi connectivity index (χ1n) is 10.2. The van der Waals surface area contributed by atoms with Gasteiger partial charge >= 0.3 is 0 Å². The summed E-state index contributed by atoms with van der Waals surface area (Å²) >= 11 is 12.3. The lowest BCUT2D eigenvalue weighted by molar-refractivity contribution is 0.267. The van der Waals surface area contributed by atoms with Crippen molar-refractivity contribution in [1.82, 2.24) is 0 Å². The van der Waals surface area contributed by atoms with Crippen molar-refractivity contribution in [3.63, 3.8) is 0 Å².